The molecule has 3 fully saturated rings. The molecule has 148 valence electrons. The van der Waals surface area contributed by atoms with Gasteiger partial charge in [0.25, 0.3) is 0 Å². The van der Waals surface area contributed by atoms with Crippen LogP contribution in [0.3, 0.4) is 0 Å². The minimum absolute atomic E-state index is 0.000504. The third kappa shape index (κ3) is 2.94. The monoisotopic (exact) mass is 384 g/mol. The molecule has 3 atom stereocenters. The second-order valence-corrected chi connectivity index (χ2v) is 8.09. The average Bonchev–Trinajstić information content (AvgIpc) is 3.06. The van der Waals surface area contributed by atoms with E-state index in [1.807, 2.05) is 6.19 Å². The van der Waals surface area contributed by atoms with Crippen molar-refractivity contribution < 1.29 is 14.6 Å². The zero-order chi connectivity index (χ0) is 19.8. The van der Waals surface area contributed by atoms with Gasteiger partial charge in [-0.1, -0.05) is 6.92 Å². The molecule has 3 N–H and O–H groups in total. The van der Waals surface area contributed by atoms with Gasteiger partial charge in [0, 0.05) is 48.5 Å². The van der Waals surface area contributed by atoms with Crippen molar-refractivity contribution >= 4 is 17.7 Å². The van der Waals surface area contributed by atoms with Gasteiger partial charge >= 0.3 is 6.09 Å². The lowest BCUT2D eigenvalue weighted by Gasteiger charge is -2.46. The molecular weight excluding hydrogens is 360 g/mol. The maximum absolute atomic E-state index is 11.4. The molecule has 2 saturated heterocycles. The third-order valence-corrected chi connectivity index (χ3v) is 6.63. The number of ether oxygens (including phenoxy) is 1. The molecule has 1 saturated carbocycles. The van der Waals surface area contributed by atoms with Gasteiger partial charge in [-0.15, -0.1) is 0 Å². The molecule has 3 heterocycles. The standard InChI is InChI=1S/C19H24N6O3/c1-18(10-28-11-18)19-9-25(17(26)27)8-15(19)14(19)4-7-22-16(23-12-20)24-13-2-5-21-6-3-13/h2-3,5-6,14-15H,4,7-11H2,1H3,(H,26,27)(H2,21,22,23,24). The number of likely N-dealkylation sites (tertiary alicyclic amines) is 1. The van der Waals surface area contributed by atoms with Gasteiger partial charge < -0.3 is 20.1 Å². The zero-order valence-electron chi connectivity index (χ0n) is 15.8. The summed E-state index contributed by atoms with van der Waals surface area (Å²) in [5, 5.41) is 24.0. The van der Waals surface area contributed by atoms with Gasteiger partial charge in [0.2, 0.25) is 5.96 Å². The number of aliphatic imine (C=N–C) groups is 1. The molecule has 0 radical (unpaired) electrons. The first-order chi connectivity index (χ1) is 13.5. The highest BCUT2D eigenvalue weighted by Crippen LogP contribution is 2.74. The van der Waals surface area contributed by atoms with Crippen LogP contribution < -0.4 is 10.6 Å². The highest BCUT2D eigenvalue weighted by Gasteiger charge is 2.77. The Morgan fingerprint density at radius 3 is 2.86 bits per heavy atom. The van der Waals surface area contributed by atoms with Crippen LogP contribution in [0.5, 0.6) is 0 Å². The van der Waals surface area contributed by atoms with E-state index in [4.69, 9.17) is 10.00 Å². The third-order valence-electron chi connectivity index (χ3n) is 6.63. The number of amides is 1. The van der Waals surface area contributed by atoms with Gasteiger partial charge in [0.1, 0.15) is 0 Å². The molecule has 0 bridgehead atoms. The zero-order valence-corrected chi connectivity index (χ0v) is 15.8. The largest absolute Gasteiger partial charge is 0.465 e. The smallest absolute Gasteiger partial charge is 0.407 e. The van der Waals surface area contributed by atoms with E-state index in [9.17, 15) is 9.90 Å². The van der Waals surface area contributed by atoms with E-state index in [1.54, 1.807) is 29.4 Å². The minimum Gasteiger partial charge on any atom is -0.465 e. The number of nitriles is 1. The van der Waals surface area contributed by atoms with Crippen LogP contribution in [0, 0.1) is 34.1 Å². The minimum atomic E-state index is -0.839. The molecule has 2 aliphatic heterocycles. The van der Waals surface area contributed by atoms with Gasteiger partial charge in [-0.2, -0.15) is 5.26 Å². The highest BCUT2D eigenvalue weighted by molar-refractivity contribution is 5.94. The van der Waals surface area contributed by atoms with Crippen molar-refractivity contribution in [1.29, 1.82) is 5.26 Å². The van der Waals surface area contributed by atoms with Crippen LogP contribution >= 0.6 is 0 Å². The summed E-state index contributed by atoms with van der Waals surface area (Å²) in [6.07, 6.45) is 5.25. The fourth-order valence-electron chi connectivity index (χ4n) is 5.17. The molecule has 3 unspecified atom stereocenters. The summed E-state index contributed by atoms with van der Waals surface area (Å²) in [6, 6.07) is 3.60. The number of aromatic nitrogens is 1. The van der Waals surface area contributed by atoms with Crippen molar-refractivity contribution in [3.63, 3.8) is 0 Å². The van der Waals surface area contributed by atoms with Gasteiger partial charge in [0.05, 0.1) is 13.2 Å². The Kier molecular flexibility index (Phi) is 4.59. The normalized spacial score (nSPS) is 30.0. The number of nitrogens with one attached hydrogen (secondary N) is 2. The van der Waals surface area contributed by atoms with Crippen molar-refractivity contribution in [2.45, 2.75) is 13.3 Å². The SMILES string of the molecule is CC1(C23CN(C(=O)O)CC2C3CCN=C(NC#N)Nc2ccncc2)COC1. The number of hydrogen-bond acceptors (Lipinski definition) is 5. The molecule has 28 heavy (non-hydrogen) atoms. The van der Waals surface area contributed by atoms with Gasteiger partial charge in [-0.25, -0.2) is 4.79 Å². The molecule has 3 aliphatic rings. The lowest BCUT2D eigenvalue weighted by atomic mass is 9.70. The number of carboxylic acid groups (broad SMARTS) is 1. The Morgan fingerprint density at radius 1 is 1.50 bits per heavy atom. The number of hydrogen-bond donors (Lipinski definition) is 3. The van der Waals surface area contributed by atoms with Crippen LogP contribution in [0.2, 0.25) is 0 Å². The van der Waals surface area contributed by atoms with Gasteiger partial charge in [0.15, 0.2) is 6.19 Å². The molecule has 9 heteroatoms. The summed E-state index contributed by atoms with van der Waals surface area (Å²) in [5.41, 5.74) is 0.840. The fraction of sp³-hybridized carbons (Fsp3) is 0.579. The van der Waals surface area contributed by atoms with Gasteiger partial charge in [-0.3, -0.25) is 15.3 Å². The van der Waals surface area contributed by atoms with E-state index in [0.29, 0.717) is 50.6 Å². The van der Waals surface area contributed by atoms with E-state index < -0.39 is 6.09 Å². The predicted octanol–water partition coefficient (Wildman–Crippen LogP) is 1.57. The lowest BCUT2D eigenvalue weighted by molar-refractivity contribution is -0.148. The molecule has 4 rings (SSSR count). The maximum atomic E-state index is 11.4. The molecule has 9 nitrogen and oxygen atoms in total. The topological polar surface area (TPSA) is 123 Å². The summed E-state index contributed by atoms with van der Waals surface area (Å²) >= 11 is 0. The molecule has 1 aliphatic carbocycles. The van der Waals surface area contributed by atoms with Crippen LogP contribution in [0.4, 0.5) is 10.5 Å². The van der Waals surface area contributed by atoms with E-state index >= 15 is 0 Å². The molecule has 0 spiro atoms. The Bertz CT molecular complexity index is 819. The van der Waals surface area contributed by atoms with Crippen molar-refractivity contribution in [1.82, 2.24) is 15.2 Å². The number of rotatable bonds is 5. The number of carbonyl (C=O) groups is 1. The number of nitrogens with zero attached hydrogens (tertiary/aromatic N) is 4. The second-order valence-electron chi connectivity index (χ2n) is 8.09. The number of guanidine groups is 1. The Morgan fingerprint density at radius 2 is 2.25 bits per heavy atom. The van der Waals surface area contributed by atoms with E-state index in [2.05, 4.69) is 27.5 Å². The fourth-order valence-corrected chi connectivity index (χ4v) is 5.17. The second kappa shape index (κ2) is 6.95. The molecular formula is C19H24N6O3. The molecule has 1 aromatic rings. The summed E-state index contributed by atoms with van der Waals surface area (Å²) in [5.74, 6) is 1.21. The quantitative estimate of drug-likeness (QED) is 0.305. The predicted molar refractivity (Wildman–Crippen MR) is 101 cm³/mol. The Balaban J connectivity index is 1.41. The molecule has 1 aromatic heterocycles. The Hall–Kier alpha value is -2.86. The first-order valence-corrected chi connectivity index (χ1v) is 9.42. The highest BCUT2D eigenvalue weighted by atomic mass is 16.5. The number of piperidine rings is 1. The summed E-state index contributed by atoms with van der Waals surface area (Å²) < 4.78 is 5.47. The van der Waals surface area contributed by atoms with Crippen molar-refractivity contribution in [3.8, 4) is 6.19 Å². The van der Waals surface area contributed by atoms with Crippen LogP contribution in [0.25, 0.3) is 0 Å². The van der Waals surface area contributed by atoms with Crippen LogP contribution in [-0.4, -0.2) is 59.9 Å². The first kappa shape index (κ1) is 18.5. The maximum Gasteiger partial charge on any atom is 0.407 e. The Labute approximate surface area is 163 Å². The summed E-state index contributed by atoms with van der Waals surface area (Å²) in [7, 11) is 0. The summed E-state index contributed by atoms with van der Waals surface area (Å²) in [4.78, 5) is 21.4. The van der Waals surface area contributed by atoms with Gasteiger partial charge in [-0.05, 0) is 30.4 Å². The van der Waals surface area contributed by atoms with Crippen LogP contribution in [-0.2, 0) is 4.74 Å². The average molecular weight is 384 g/mol. The summed E-state index contributed by atoms with van der Waals surface area (Å²) in [6.45, 7) is 5.35. The van der Waals surface area contributed by atoms with Crippen molar-refractivity contribution in [2.24, 2.45) is 27.7 Å². The number of anilines is 1. The van der Waals surface area contributed by atoms with Crippen LogP contribution in [0.15, 0.2) is 29.5 Å². The number of pyridine rings is 1. The number of fused-ring (bicyclic) bond motifs is 1. The van der Waals surface area contributed by atoms with E-state index in [1.165, 1.54) is 0 Å². The van der Waals surface area contributed by atoms with E-state index in [0.717, 1.165) is 12.1 Å². The van der Waals surface area contributed by atoms with Crippen LogP contribution in [0.1, 0.15) is 13.3 Å². The van der Waals surface area contributed by atoms with E-state index in [-0.39, 0.29) is 10.8 Å². The molecule has 1 amide bonds. The first-order valence-electron chi connectivity index (χ1n) is 9.42. The van der Waals surface area contributed by atoms with Crippen molar-refractivity contribution in [3.05, 3.63) is 24.5 Å². The lowest BCUT2D eigenvalue weighted by Crippen LogP contribution is -2.51. The van der Waals surface area contributed by atoms with Crippen molar-refractivity contribution in [2.75, 3.05) is 38.2 Å². The molecule has 0 aromatic carbocycles.